The smallest absolute Gasteiger partial charge is 0.277 e. The molecule has 0 aliphatic rings. The normalized spacial score (nSPS) is 11.2. The second kappa shape index (κ2) is 7.84. The summed E-state index contributed by atoms with van der Waals surface area (Å²) in [5, 5.41) is 7.00. The molecule has 148 valence electrons. The predicted octanol–water partition coefficient (Wildman–Crippen LogP) is 2.21. The second-order valence-corrected chi connectivity index (χ2v) is 6.60. The summed E-state index contributed by atoms with van der Waals surface area (Å²) in [5.74, 6) is -0.641. The number of amides is 1. The van der Waals surface area contributed by atoms with Gasteiger partial charge in [0, 0.05) is 19.2 Å². The maximum absolute atomic E-state index is 13.6. The highest BCUT2D eigenvalue weighted by Gasteiger charge is 2.15. The van der Waals surface area contributed by atoms with E-state index in [1.165, 1.54) is 16.7 Å². The van der Waals surface area contributed by atoms with Crippen LogP contribution in [0.1, 0.15) is 15.9 Å². The van der Waals surface area contributed by atoms with Crippen molar-refractivity contribution in [2.24, 2.45) is 0 Å². The lowest BCUT2D eigenvalue weighted by Crippen LogP contribution is -2.28. The molecule has 0 spiro atoms. The van der Waals surface area contributed by atoms with E-state index in [0.717, 1.165) is 0 Å². The molecule has 29 heavy (non-hydrogen) atoms. The Kier molecular flexibility index (Phi) is 5.09. The number of methoxy groups -OCH3 is 1. The van der Waals surface area contributed by atoms with Gasteiger partial charge in [-0.15, -0.1) is 0 Å². The minimum Gasteiger partial charge on any atom is -0.383 e. The fraction of sp³-hybridized carbons (Fsp3) is 0.190. The molecule has 0 bridgehead atoms. The molecule has 7 nitrogen and oxygen atoms in total. The van der Waals surface area contributed by atoms with E-state index in [0.29, 0.717) is 40.8 Å². The van der Waals surface area contributed by atoms with Crippen molar-refractivity contribution < 1.29 is 13.9 Å². The van der Waals surface area contributed by atoms with Crippen LogP contribution >= 0.6 is 0 Å². The summed E-state index contributed by atoms with van der Waals surface area (Å²) in [4.78, 5) is 25.5. The Labute approximate surface area is 165 Å². The molecule has 0 radical (unpaired) electrons. The highest BCUT2D eigenvalue weighted by molar-refractivity contribution is 5.97. The molecule has 1 N–H and O–H groups in total. The molecule has 2 aromatic heterocycles. The molecular weight excluding hydrogens is 375 g/mol. The number of halogens is 1. The maximum Gasteiger partial charge on any atom is 0.277 e. The molecule has 0 atom stereocenters. The molecule has 0 saturated heterocycles. The number of nitrogens with one attached hydrogen (secondary N) is 1. The van der Waals surface area contributed by atoms with Crippen molar-refractivity contribution >= 4 is 22.5 Å². The fourth-order valence-electron chi connectivity index (χ4n) is 3.31. The summed E-state index contributed by atoms with van der Waals surface area (Å²) in [6.07, 6.45) is 1.55. The van der Waals surface area contributed by atoms with Gasteiger partial charge in [-0.1, -0.05) is 12.1 Å². The zero-order valence-corrected chi connectivity index (χ0v) is 15.8. The van der Waals surface area contributed by atoms with Gasteiger partial charge >= 0.3 is 0 Å². The molecule has 8 heteroatoms. The first-order valence-corrected chi connectivity index (χ1v) is 9.10. The lowest BCUT2D eigenvalue weighted by molar-refractivity contribution is 0.0937. The molecule has 4 aromatic rings. The van der Waals surface area contributed by atoms with E-state index in [4.69, 9.17) is 4.74 Å². The molecule has 1 amide bonds. The van der Waals surface area contributed by atoms with E-state index in [1.54, 1.807) is 54.2 Å². The average Bonchev–Trinajstić information content (AvgIpc) is 3.21. The van der Waals surface area contributed by atoms with Crippen LogP contribution in [0.4, 0.5) is 4.39 Å². The summed E-state index contributed by atoms with van der Waals surface area (Å²) in [5.41, 5.74) is 2.41. The standard InChI is InChI=1S/C21H19FN4O3/c1-29-10-9-23-20(27)15-5-6-17-19(12-15)25(13-14-3-2-4-16(22)11-14)21(28)18-7-8-24-26(17)18/h2-8,11-12H,9-10,13H2,1H3,(H,23,27). The van der Waals surface area contributed by atoms with Crippen LogP contribution in [0.5, 0.6) is 0 Å². The molecule has 0 aliphatic heterocycles. The SMILES string of the molecule is COCCNC(=O)c1ccc2c(c1)n(Cc1cccc(F)c1)c(=O)c1ccnn12. The van der Waals surface area contributed by atoms with Crippen LogP contribution in [0, 0.1) is 5.82 Å². The molecule has 2 aromatic carbocycles. The number of carbonyl (C=O) groups excluding carboxylic acids is 1. The Hall–Kier alpha value is -3.52. The maximum atomic E-state index is 13.6. The van der Waals surface area contributed by atoms with Gasteiger partial charge in [0.1, 0.15) is 11.3 Å². The third-order valence-electron chi connectivity index (χ3n) is 4.69. The fourth-order valence-corrected chi connectivity index (χ4v) is 3.31. The van der Waals surface area contributed by atoms with Crippen LogP contribution in [-0.2, 0) is 11.3 Å². The number of carbonyl (C=O) groups is 1. The Morgan fingerprint density at radius 2 is 2.00 bits per heavy atom. The summed E-state index contributed by atoms with van der Waals surface area (Å²) >= 11 is 0. The van der Waals surface area contributed by atoms with Crippen LogP contribution in [0.3, 0.4) is 0 Å². The summed E-state index contributed by atoms with van der Waals surface area (Å²) in [7, 11) is 1.56. The molecule has 0 saturated carbocycles. The van der Waals surface area contributed by atoms with Crippen LogP contribution in [0.15, 0.2) is 59.5 Å². The zero-order valence-electron chi connectivity index (χ0n) is 15.8. The number of benzene rings is 2. The number of rotatable bonds is 6. The van der Waals surface area contributed by atoms with E-state index >= 15 is 0 Å². The van der Waals surface area contributed by atoms with Crippen LogP contribution in [0.2, 0.25) is 0 Å². The van der Waals surface area contributed by atoms with E-state index in [1.807, 2.05) is 0 Å². The monoisotopic (exact) mass is 394 g/mol. The van der Waals surface area contributed by atoms with Crippen LogP contribution in [-0.4, -0.2) is 40.3 Å². The van der Waals surface area contributed by atoms with Crippen molar-refractivity contribution in [3.8, 4) is 0 Å². The van der Waals surface area contributed by atoms with Gasteiger partial charge in [-0.05, 0) is 42.0 Å². The summed E-state index contributed by atoms with van der Waals surface area (Å²) in [6.45, 7) is 0.947. The van der Waals surface area contributed by atoms with Crippen molar-refractivity contribution in [3.63, 3.8) is 0 Å². The van der Waals surface area contributed by atoms with Gasteiger partial charge in [-0.25, -0.2) is 8.91 Å². The number of hydrogen-bond acceptors (Lipinski definition) is 4. The molecule has 0 unspecified atom stereocenters. The molecule has 0 aliphatic carbocycles. The summed E-state index contributed by atoms with van der Waals surface area (Å²) in [6, 6.07) is 12.8. The number of fused-ring (bicyclic) bond motifs is 3. The van der Waals surface area contributed by atoms with Crippen molar-refractivity contribution in [1.82, 2.24) is 19.5 Å². The third kappa shape index (κ3) is 3.62. The van der Waals surface area contributed by atoms with Crippen LogP contribution in [0.25, 0.3) is 16.6 Å². The highest BCUT2D eigenvalue weighted by atomic mass is 19.1. The molecular formula is C21H19FN4O3. The highest BCUT2D eigenvalue weighted by Crippen LogP contribution is 2.18. The first-order valence-electron chi connectivity index (χ1n) is 9.10. The minimum absolute atomic E-state index is 0.170. The number of aromatic nitrogens is 3. The van der Waals surface area contributed by atoms with Gasteiger partial charge in [0.05, 0.1) is 30.4 Å². The van der Waals surface area contributed by atoms with E-state index in [2.05, 4.69) is 10.4 Å². The lowest BCUT2D eigenvalue weighted by Gasteiger charge is -2.13. The van der Waals surface area contributed by atoms with Gasteiger partial charge in [0.25, 0.3) is 11.5 Å². The van der Waals surface area contributed by atoms with Crippen LogP contribution < -0.4 is 10.9 Å². The van der Waals surface area contributed by atoms with Gasteiger partial charge in [0.2, 0.25) is 0 Å². The average molecular weight is 394 g/mol. The topological polar surface area (TPSA) is 77.6 Å². The van der Waals surface area contributed by atoms with E-state index in [-0.39, 0.29) is 23.8 Å². The molecule has 0 fully saturated rings. The zero-order chi connectivity index (χ0) is 20.4. The van der Waals surface area contributed by atoms with E-state index in [9.17, 15) is 14.0 Å². The summed E-state index contributed by atoms with van der Waals surface area (Å²) < 4.78 is 21.7. The largest absolute Gasteiger partial charge is 0.383 e. The first kappa shape index (κ1) is 18.8. The quantitative estimate of drug-likeness (QED) is 0.509. The van der Waals surface area contributed by atoms with Crippen molar-refractivity contribution in [2.45, 2.75) is 6.54 Å². The van der Waals surface area contributed by atoms with Crippen molar-refractivity contribution in [3.05, 3.63) is 82.0 Å². The Bertz CT molecular complexity index is 1260. The Morgan fingerprint density at radius 1 is 1.14 bits per heavy atom. The van der Waals surface area contributed by atoms with Gasteiger partial charge in [-0.2, -0.15) is 5.10 Å². The first-order chi connectivity index (χ1) is 14.1. The van der Waals surface area contributed by atoms with Crippen molar-refractivity contribution in [2.75, 3.05) is 20.3 Å². The number of ether oxygens (including phenoxy) is 1. The Balaban J connectivity index is 1.86. The van der Waals surface area contributed by atoms with Crippen molar-refractivity contribution in [1.29, 1.82) is 0 Å². The van der Waals surface area contributed by atoms with Gasteiger partial charge < -0.3 is 14.6 Å². The van der Waals surface area contributed by atoms with E-state index < -0.39 is 0 Å². The minimum atomic E-state index is -0.372. The number of hydrogen-bond donors (Lipinski definition) is 1. The van der Waals surface area contributed by atoms with Gasteiger partial charge in [0.15, 0.2) is 0 Å². The Morgan fingerprint density at radius 3 is 2.79 bits per heavy atom. The van der Waals surface area contributed by atoms with Gasteiger partial charge in [-0.3, -0.25) is 9.59 Å². The lowest BCUT2D eigenvalue weighted by atomic mass is 10.1. The second-order valence-electron chi connectivity index (χ2n) is 6.60. The number of nitrogens with zero attached hydrogens (tertiary/aromatic N) is 3. The molecule has 4 rings (SSSR count). The third-order valence-corrected chi connectivity index (χ3v) is 4.69. The predicted molar refractivity (Wildman–Crippen MR) is 107 cm³/mol. The molecule has 2 heterocycles.